The van der Waals surface area contributed by atoms with Crippen molar-refractivity contribution in [1.82, 2.24) is 4.31 Å². The summed E-state index contributed by atoms with van der Waals surface area (Å²) >= 11 is 0. The Labute approximate surface area is 169 Å². The lowest BCUT2D eigenvalue weighted by atomic mass is 10.1. The number of hydrogen-bond donors (Lipinski definition) is 1. The number of nitrogens with one attached hydrogen (secondary N) is 1. The summed E-state index contributed by atoms with van der Waals surface area (Å²) in [5, 5.41) is 24.2. The molecule has 1 N–H and O–H groups in total. The van der Waals surface area contributed by atoms with Crippen LogP contribution in [0.2, 0.25) is 0 Å². The van der Waals surface area contributed by atoms with E-state index in [-0.39, 0.29) is 29.4 Å². The Bertz CT molecular complexity index is 1070. The molecule has 0 heterocycles. The topological polar surface area (TPSA) is 129 Å². The minimum Gasteiger partial charge on any atom is -0.277 e. The van der Waals surface area contributed by atoms with Crippen LogP contribution < -0.4 is 5.43 Å². The minimum absolute atomic E-state index is 0.135. The van der Waals surface area contributed by atoms with Crippen molar-refractivity contribution >= 4 is 27.1 Å². The summed E-state index contributed by atoms with van der Waals surface area (Å²) in [6, 6.07) is 12.3. The van der Waals surface area contributed by atoms with Gasteiger partial charge in [0.1, 0.15) is 4.90 Å². The van der Waals surface area contributed by atoms with Crippen molar-refractivity contribution in [3.63, 3.8) is 0 Å². The molecular formula is C19H21N5O4S. The molecule has 0 aliphatic heterocycles. The van der Waals surface area contributed by atoms with E-state index in [9.17, 15) is 18.5 Å². The quantitative estimate of drug-likeness (QED) is 0.400. The molecule has 0 aliphatic rings. The van der Waals surface area contributed by atoms with Gasteiger partial charge in [0.25, 0.3) is 5.69 Å². The van der Waals surface area contributed by atoms with Crippen LogP contribution in [0.25, 0.3) is 0 Å². The van der Waals surface area contributed by atoms with Crippen molar-refractivity contribution in [3.05, 3.63) is 63.7 Å². The Morgan fingerprint density at radius 3 is 2.34 bits per heavy atom. The average Bonchev–Trinajstić information content (AvgIpc) is 2.72. The van der Waals surface area contributed by atoms with Crippen LogP contribution >= 0.6 is 0 Å². The molecule has 0 atom stereocenters. The van der Waals surface area contributed by atoms with E-state index in [1.807, 2.05) is 6.07 Å². The number of nitro groups is 1. The first-order valence-electron chi connectivity index (χ1n) is 8.84. The highest BCUT2D eigenvalue weighted by Crippen LogP contribution is 2.29. The summed E-state index contributed by atoms with van der Waals surface area (Å²) in [4.78, 5) is 10.3. The van der Waals surface area contributed by atoms with E-state index in [2.05, 4.69) is 10.5 Å². The number of non-ortho nitro benzene ring substituents is 1. The molecule has 2 aromatic carbocycles. The van der Waals surface area contributed by atoms with E-state index in [1.165, 1.54) is 16.4 Å². The molecule has 0 radical (unpaired) electrons. The zero-order valence-electron chi connectivity index (χ0n) is 16.3. The lowest BCUT2D eigenvalue weighted by Crippen LogP contribution is -2.31. The van der Waals surface area contributed by atoms with Crippen LogP contribution in [-0.4, -0.2) is 36.4 Å². The molecule has 0 fully saturated rings. The molecule has 0 amide bonds. The standard InChI is InChI=1S/C19H21N5O4S/c1-4-23(5-2)29(27,28)19-12-17(24(25)26)10-11-18(19)22-21-14(3)16-8-6-15(13-20)7-9-16/h6-12,22H,4-5H2,1-3H3/b21-14+. The highest BCUT2D eigenvalue weighted by Gasteiger charge is 2.27. The number of hydrazone groups is 1. The van der Waals surface area contributed by atoms with Crippen molar-refractivity contribution in [2.75, 3.05) is 18.5 Å². The Morgan fingerprint density at radius 1 is 1.21 bits per heavy atom. The van der Waals surface area contributed by atoms with Crippen molar-refractivity contribution in [2.45, 2.75) is 25.7 Å². The van der Waals surface area contributed by atoms with Crippen LogP contribution in [0.3, 0.4) is 0 Å². The molecular weight excluding hydrogens is 394 g/mol. The smallest absolute Gasteiger partial charge is 0.270 e. The van der Waals surface area contributed by atoms with Crippen molar-refractivity contribution in [2.24, 2.45) is 5.10 Å². The monoisotopic (exact) mass is 415 g/mol. The fourth-order valence-electron chi connectivity index (χ4n) is 2.63. The van der Waals surface area contributed by atoms with Gasteiger partial charge >= 0.3 is 0 Å². The maximum absolute atomic E-state index is 13.0. The van der Waals surface area contributed by atoms with E-state index >= 15 is 0 Å². The lowest BCUT2D eigenvalue weighted by molar-refractivity contribution is -0.385. The molecule has 29 heavy (non-hydrogen) atoms. The molecule has 152 valence electrons. The van der Waals surface area contributed by atoms with Crippen molar-refractivity contribution in [1.29, 1.82) is 5.26 Å². The summed E-state index contributed by atoms with van der Waals surface area (Å²) in [5.41, 5.74) is 4.33. The van der Waals surface area contributed by atoms with E-state index < -0.39 is 14.9 Å². The molecule has 0 saturated carbocycles. The van der Waals surface area contributed by atoms with Gasteiger partial charge in [-0.25, -0.2) is 8.42 Å². The maximum Gasteiger partial charge on any atom is 0.270 e. The van der Waals surface area contributed by atoms with Gasteiger partial charge in [-0.05, 0) is 30.7 Å². The summed E-state index contributed by atoms with van der Waals surface area (Å²) in [7, 11) is -3.95. The number of nitrogens with zero attached hydrogens (tertiary/aromatic N) is 4. The predicted molar refractivity (Wildman–Crippen MR) is 110 cm³/mol. The molecule has 0 aliphatic carbocycles. The van der Waals surface area contributed by atoms with Crippen molar-refractivity contribution < 1.29 is 13.3 Å². The van der Waals surface area contributed by atoms with Crippen LogP contribution in [-0.2, 0) is 10.0 Å². The SMILES string of the molecule is CCN(CC)S(=O)(=O)c1cc([N+](=O)[O-])ccc1N/N=C(\C)c1ccc(C#N)cc1. The van der Waals surface area contributed by atoms with Gasteiger partial charge in [-0.1, -0.05) is 26.0 Å². The minimum atomic E-state index is -3.95. The first kappa shape index (κ1) is 22.0. The van der Waals surface area contributed by atoms with Gasteiger partial charge < -0.3 is 0 Å². The van der Waals surface area contributed by atoms with E-state index in [1.54, 1.807) is 45.0 Å². The largest absolute Gasteiger partial charge is 0.277 e. The number of anilines is 1. The molecule has 9 nitrogen and oxygen atoms in total. The number of sulfonamides is 1. The van der Waals surface area contributed by atoms with Gasteiger partial charge in [0.2, 0.25) is 10.0 Å². The molecule has 2 rings (SSSR count). The van der Waals surface area contributed by atoms with Gasteiger partial charge in [-0.15, -0.1) is 0 Å². The second-order valence-electron chi connectivity index (χ2n) is 6.03. The molecule has 0 spiro atoms. The van der Waals surface area contributed by atoms with Crippen molar-refractivity contribution in [3.8, 4) is 6.07 Å². The number of rotatable bonds is 8. The lowest BCUT2D eigenvalue weighted by Gasteiger charge is -2.20. The number of hydrogen-bond acceptors (Lipinski definition) is 7. The molecule has 0 aromatic heterocycles. The second kappa shape index (κ2) is 9.27. The molecule has 0 saturated heterocycles. The van der Waals surface area contributed by atoms with Crippen LogP contribution in [0.4, 0.5) is 11.4 Å². The maximum atomic E-state index is 13.0. The number of nitro benzene ring substituents is 1. The average molecular weight is 415 g/mol. The zero-order valence-corrected chi connectivity index (χ0v) is 17.1. The Hall–Kier alpha value is -3.29. The zero-order chi connectivity index (χ0) is 21.6. The third kappa shape index (κ3) is 4.96. The van der Waals surface area contributed by atoms with Gasteiger partial charge in [0.15, 0.2) is 0 Å². The normalized spacial score (nSPS) is 11.9. The van der Waals surface area contributed by atoms with Crippen LogP contribution in [0.5, 0.6) is 0 Å². The molecule has 0 bridgehead atoms. The second-order valence-corrected chi connectivity index (χ2v) is 7.93. The molecule has 0 unspecified atom stereocenters. The summed E-state index contributed by atoms with van der Waals surface area (Å²) in [6.45, 7) is 5.57. The first-order valence-corrected chi connectivity index (χ1v) is 10.3. The Kier molecular flexibility index (Phi) is 7.03. The molecule has 10 heteroatoms. The predicted octanol–water partition coefficient (Wildman–Crippen LogP) is 3.33. The van der Waals surface area contributed by atoms with Gasteiger partial charge in [0.05, 0.1) is 28.0 Å². The fourth-order valence-corrected chi connectivity index (χ4v) is 4.25. The highest BCUT2D eigenvalue weighted by atomic mass is 32.2. The van der Waals surface area contributed by atoms with Crippen LogP contribution in [0.1, 0.15) is 31.9 Å². The number of benzene rings is 2. The Morgan fingerprint density at radius 2 is 1.83 bits per heavy atom. The third-order valence-electron chi connectivity index (χ3n) is 4.28. The summed E-state index contributed by atoms with van der Waals surface area (Å²) < 4.78 is 27.1. The van der Waals surface area contributed by atoms with Gasteiger partial charge in [0, 0.05) is 25.2 Å². The Balaban J connectivity index is 2.46. The van der Waals surface area contributed by atoms with Crippen LogP contribution in [0.15, 0.2) is 52.5 Å². The third-order valence-corrected chi connectivity index (χ3v) is 6.36. The fraction of sp³-hybridized carbons (Fsp3) is 0.263. The van der Waals surface area contributed by atoms with Gasteiger partial charge in [-0.2, -0.15) is 14.7 Å². The highest BCUT2D eigenvalue weighted by molar-refractivity contribution is 7.89. The van der Waals surface area contributed by atoms with E-state index in [0.29, 0.717) is 11.3 Å². The number of nitriles is 1. The van der Waals surface area contributed by atoms with E-state index in [0.717, 1.165) is 11.6 Å². The summed E-state index contributed by atoms with van der Waals surface area (Å²) in [6.07, 6.45) is 0. The molecule has 2 aromatic rings. The summed E-state index contributed by atoms with van der Waals surface area (Å²) in [5.74, 6) is 0. The van der Waals surface area contributed by atoms with E-state index in [4.69, 9.17) is 5.26 Å². The van der Waals surface area contributed by atoms with Crippen LogP contribution in [0, 0.1) is 21.4 Å². The first-order chi connectivity index (χ1) is 13.7. The van der Waals surface area contributed by atoms with Gasteiger partial charge in [-0.3, -0.25) is 15.5 Å².